The normalized spacial score (nSPS) is 11.6. The van der Waals surface area contributed by atoms with Gasteiger partial charge in [0.25, 0.3) is 0 Å². The molecule has 0 N–H and O–H groups in total. The van der Waals surface area contributed by atoms with E-state index in [-0.39, 0.29) is 18.6 Å². The van der Waals surface area contributed by atoms with Crippen molar-refractivity contribution in [2.24, 2.45) is 4.99 Å². The molecule has 0 bridgehead atoms. The van der Waals surface area contributed by atoms with Crippen molar-refractivity contribution in [3.8, 4) is 0 Å². The van der Waals surface area contributed by atoms with Gasteiger partial charge in [-0.05, 0) is 13.3 Å². The van der Waals surface area contributed by atoms with Crippen molar-refractivity contribution >= 4 is 12.0 Å². The summed E-state index contributed by atoms with van der Waals surface area (Å²) < 4.78 is 4.89. The molecule has 0 aliphatic rings. The van der Waals surface area contributed by atoms with E-state index in [0.29, 0.717) is 6.42 Å². The molecule has 4 nitrogen and oxygen atoms in total. The highest BCUT2D eigenvalue weighted by atomic mass is 16.5. The molecule has 1 atom stereocenters. The summed E-state index contributed by atoms with van der Waals surface area (Å²) in [5.74, 6) is -0.216. The Morgan fingerprint density at radius 2 is 2.21 bits per heavy atom. The molecule has 80 valence electrons. The summed E-state index contributed by atoms with van der Waals surface area (Å²) in [4.78, 5) is 24.3. The van der Waals surface area contributed by atoms with Gasteiger partial charge < -0.3 is 4.74 Å². The molecule has 0 aromatic carbocycles. The second kappa shape index (κ2) is 8.45. The number of aliphatic imine (C=N–C) groups is 1. The number of nitrogens with zero attached hydrogens (tertiary/aromatic N) is 1. The van der Waals surface area contributed by atoms with Crippen LogP contribution >= 0.6 is 0 Å². The molecule has 0 fully saturated rings. The fourth-order valence-corrected chi connectivity index (χ4v) is 0.932. The Bertz CT molecular complexity index is 209. The molecule has 0 aromatic heterocycles. The zero-order chi connectivity index (χ0) is 10.8. The number of esters is 1. The second-order valence-electron chi connectivity index (χ2n) is 3.21. The van der Waals surface area contributed by atoms with Gasteiger partial charge in [-0.25, -0.2) is 4.79 Å². The highest BCUT2D eigenvalue weighted by molar-refractivity contribution is 5.69. The SMILES string of the molecule is CCCCCC(=O)OCC(C)N=C=O. The number of ether oxygens (including phenoxy) is 1. The molecule has 14 heavy (non-hydrogen) atoms. The van der Waals surface area contributed by atoms with Crippen LogP contribution in [0.2, 0.25) is 0 Å². The van der Waals surface area contributed by atoms with E-state index >= 15 is 0 Å². The summed E-state index contributed by atoms with van der Waals surface area (Å²) in [5.41, 5.74) is 0. The van der Waals surface area contributed by atoms with Crippen LogP contribution < -0.4 is 0 Å². The summed E-state index contributed by atoms with van der Waals surface area (Å²) in [6.45, 7) is 3.94. The van der Waals surface area contributed by atoms with Crippen LogP contribution in [0.5, 0.6) is 0 Å². The van der Waals surface area contributed by atoms with E-state index in [1.807, 2.05) is 0 Å². The summed E-state index contributed by atoms with van der Waals surface area (Å²) in [6, 6.07) is -0.289. The Balaban J connectivity index is 3.48. The van der Waals surface area contributed by atoms with Gasteiger partial charge in [0.2, 0.25) is 6.08 Å². The van der Waals surface area contributed by atoms with Gasteiger partial charge in [0.05, 0.1) is 6.04 Å². The first-order chi connectivity index (χ1) is 6.70. The number of unbranched alkanes of at least 4 members (excludes halogenated alkanes) is 2. The van der Waals surface area contributed by atoms with E-state index in [9.17, 15) is 9.59 Å². The van der Waals surface area contributed by atoms with Gasteiger partial charge in [-0.3, -0.25) is 4.79 Å². The predicted octanol–water partition coefficient (Wildman–Crippen LogP) is 1.83. The van der Waals surface area contributed by atoms with Gasteiger partial charge in [0.15, 0.2) is 0 Å². The van der Waals surface area contributed by atoms with Gasteiger partial charge >= 0.3 is 5.97 Å². The Labute approximate surface area is 84.4 Å². The number of rotatable bonds is 7. The van der Waals surface area contributed by atoms with Crippen molar-refractivity contribution in [2.75, 3.05) is 6.61 Å². The molecule has 0 rings (SSSR count). The van der Waals surface area contributed by atoms with E-state index in [4.69, 9.17) is 4.74 Å². The number of isocyanates is 1. The number of hydrogen-bond acceptors (Lipinski definition) is 4. The van der Waals surface area contributed by atoms with Crippen molar-refractivity contribution in [1.82, 2.24) is 0 Å². The van der Waals surface area contributed by atoms with Crippen molar-refractivity contribution in [3.05, 3.63) is 0 Å². The van der Waals surface area contributed by atoms with Crippen LogP contribution in [0.1, 0.15) is 39.5 Å². The third kappa shape index (κ3) is 7.50. The first-order valence-corrected chi connectivity index (χ1v) is 4.93. The Hall–Kier alpha value is -1.15. The molecular formula is C10H17NO3. The maximum absolute atomic E-state index is 11.1. The quantitative estimate of drug-likeness (QED) is 0.272. The lowest BCUT2D eigenvalue weighted by Gasteiger charge is -2.05. The first-order valence-electron chi connectivity index (χ1n) is 4.93. The fourth-order valence-electron chi connectivity index (χ4n) is 0.932. The molecule has 0 amide bonds. The van der Waals surface area contributed by atoms with Crippen LogP contribution in [0.3, 0.4) is 0 Å². The van der Waals surface area contributed by atoms with Crippen LogP contribution in [0.15, 0.2) is 4.99 Å². The van der Waals surface area contributed by atoms with Gasteiger partial charge in [-0.15, -0.1) is 0 Å². The summed E-state index contributed by atoms with van der Waals surface area (Å²) in [7, 11) is 0. The Morgan fingerprint density at radius 1 is 1.50 bits per heavy atom. The van der Waals surface area contributed by atoms with Crippen LogP contribution in [0.4, 0.5) is 0 Å². The smallest absolute Gasteiger partial charge is 0.305 e. The van der Waals surface area contributed by atoms with Crippen LogP contribution in [0, 0.1) is 0 Å². The molecule has 0 saturated carbocycles. The van der Waals surface area contributed by atoms with Crippen LogP contribution in [0.25, 0.3) is 0 Å². The second-order valence-corrected chi connectivity index (χ2v) is 3.21. The van der Waals surface area contributed by atoms with Crippen LogP contribution in [-0.2, 0) is 14.3 Å². The van der Waals surface area contributed by atoms with E-state index < -0.39 is 0 Å². The minimum Gasteiger partial charge on any atom is -0.463 e. The molecule has 0 spiro atoms. The molecule has 0 heterocycles. The lowest BCUT2D eigenvalue weighted by molar-refractivity contribution is -0.144. The lowest BCUT2D eigenvalue weighted by atomic mass is 10.2. The largest absolute Gasteiger partial charge is 0.463 e. The van der Waals surface area contributed by atoms with Crippen molar-refractivity contribution in [1.29, 1.82) is 0 Å². The molecule has 0 aliphatic heterocycles. The average molecular weight is 199 g/mol. The number of carbonyl (C=O) groups excluding carboxylic acids is 2. The molecule has 0 aromatic rings. The average Bonchev–Trinajstić information content (AvgIpc) is 2.16. The summed E-state index contributed by atoms with van der Waals surface area (Å²) in [6.07, 6.45) is 4.86. The van der Waals surface area contributed by atoms with Crippen molar-refractivity contribution in [2.45, 2.75) is 45.6 Å². The zero-order valence-corrected chi connectivity index (χ0v) is 8.78. The molecular weight excluding hydrogens is 182 g/mol. The Kier molecular flexibility index (Phi) is 7.75. The first kappa shape index (κ1) is 12.8. The molecule has 0 radical (unpaired) electrons. The van der Waals surface area contributed by atoms with E-state index in [2.05, 4.69) is 11.9 Å². The van der Waals surface area contributed by atoms with Gasteiger partial charge in [0.1, 0.15) is 6.61 Å². The Morgan fingerprint density at radius 3 is 2.79 bits per heavy atom. The third-order valence-electron chi connectivity index (χ3n) is 1.74. The van der Waals surface area contributed by atoms with Crippen molar-refractivity contribution < 1.29 is 14.3 Å². The zero-order valence-electron chi connectivity index (χ0n) is 8.78. The van der Waals surface area contributed by atoms with Crippen molar-refractivity contribution in [3.63, 3.8) is 0 Å². The standard InChI is InChI=1S/C10H17NO3/c1-3-4-5-6-10(13)14-7-9(2)11-8-12/h9H,3-7H2,1-2H3. The molecule has 4 heteroatoms. The van der Waals surface area contributed by atoms with E-state index in [1.54, 1.807) is 6.92 Å². The van der Waals surface area contributed by atoms with Crippen LogP contribution in [-0.4, -0.2) is 24.7 Å². The summed E-state index contributed by atoms with van der Waals surface area (Å²) >= 11 is 0. The molecule has 1 unspecified atom stereocenters. The highest BCUT2D eigenvalue weighted by Gasteiger charge is 2.05. The highest BCUT2D eigenvalue weighted by Crippen LogP contribution is 2.01. The lowest BCUT2D eigenvalue weighted by Crippen LogP contribution is -2.13. The minimum absolute atomic E-state index is 0.167. The predicted molar refractivity (Wildman–Crippen MR) is 52.7 cm³/mol. The van der Waals surface area contributed by atoms with Gasteiger partial charge in [0, 0.05) is 6.42 Å². The van der Waals surface area contributed by atoms with Gasteiger partial charge in [-0.1, -0.05) is 19.8 Å². The van der Waals surface area contributed by atoms with E-state index in [1.165, 1.54) is 6.08 Å². The minimum atomic E-state index is -0.289. The monoisotopic (exact) mass is 199 g/mol. The molecule has 0 saturated heterocycles. The number of hydrogen-bond donors (Lipinski definition) is 0. The fraction of sp³-hybridized carbons (Fsp3) is 0.800. The summed E-state index contributed by atoms with van der Waals surface area (Å²) in [5, 5.41) is 0. The topological polar surface area (TPSA) is 55.7 Å². The maximum Gasteiger partial charge on any atom is 0.305 e. The number of carbonyl (C=O) groups is 1. The molecule has 0 aliphatic carbocycles. The third-order valence-corrected chi connectivity index (χ3v) is 1.74. The van der Waals surface area contributed by atoms with Gasteiger partial charge in [-0.2, -0.15) is 4.99 Å². The maximum atomic E-state index is 11.1. The van der Waals surface area contributed by atoms with E-state index in [0.717, 1.165) is 19.3 Å².